The van der Waals surface area contributed by atoms with Crippen molar-refractivity contribution in [3.05, 3.63) is 41.5 Å². The monoisotopic (exact) mass is 283 g/mol. The van der Waals surface area contributed by atoms with Crippen LogP contribution in [0.25, 0.3) is 0 Å². The van der Waals surface area contributed by atoms with Crippen molar-refractivity contribution in [2.75, 3.05) is 19.8 Å². The first kappa shape index (κ1) is 15.9. The fraction of sp³-hybridized carbons (Fsp3) is 0.429. The number of ether oxygens (including phenoxy) is 1. The fourth-order valence-electron chi connectivity index (χ4n) is 1.67. The van der Waals surface area contributed by atoms with Crippen molar-refractivity contribution in [1.29, 1.82) is 0 Å². The zero-order chi connectivity index (χ0) is 14.5. The molecule has 4 nitrogen and oxygen atoms in total. The third-order valence-corrected chi connectivity index (χ3v) is 3.83. The smallest absolute Gasteiger partial charge is 0.240 e. The summed E-state index contributed by atoms with van der Waals surface area (Å²) >= 11 is 0. The number of benzene rings is 1. The van der Waals surface area contributed by atoms with Crippen molar-refractivity contribution in [1.82, 2.24) is 4.72 Å². The van der Waals surface area contributed by atoms with E-state index >= 15 is 0 Å². The molecule has 1 N–H and O–H groups in total. The molecule has 0 unspecified atom stereocenters. The quantitative estimate of drug-likeness (QED) is 0.616. The van der Waals surface area contributed by atoms with Crippen LogP contribution in [0.2, 0.25) is 0 Å². The van der Waals surface area contributed by atoms with Crippen molar-refractivity contribution in [2.45, 2.75) is 25.7 Å². The van der Waals surface area contributed by atoms with Gasteiger partial charge < -0.3 is 4.74 Å². The van der Waals surface area contributed by atoms with E-state index in [9.17, 15) is 8.42 Å². The molecule has 0 heterocycles. The molecule has 0 aromatic heterocycles. The highest BCUT2D eigenvalue weighted by Crippen LogP contribution is 2.13. The molecule has 19 heavy (non-hydrogen) atoms. The summed E-state index contributed by atoms with van der Waals surface area (Å²) in [5, 5.41) is 0. The second-order valence-electron chi connectivity index (χ2n) is 4.73. The summed E-state index contributed by atoms with van der Waals surface area (Å²) in [5.41, 5.74) is 2.77. The lowest BCUT2D eigenvalue weighted by atomic mass is 10.2. The molecule has 0 atom stereocenters. The Hall–Kier alpha value is -1.17. The molecule has 0 saturated carbocycles. The van der Waals surface area contributed by atoms with E-state index in [0.717, 1.165) is 16.7 Å². The van der Waals surface area contributed by atoms with E-state index in [-0.39, 0.29) is 6.54 Å². The van der Waals surface area contributed by atoms with E-state index in [2.05, 4.69) is 11.3 Å². The topological polar surface area (TPSA) is 55.4 Å². The van der Waals surface area contributed by atoms with E-state index in [1.54, 1.807) is 12.1 Å². The lowest BCUT2D eigenvalue weighted by Crippen LogP contribution is -2.27. The number of aryl methyl sites for hydroxylation is 2. The van der Waals surface area contributed by atoms with Gasteiger partial charge in [-0.25, -0.2) is 13.1 Å². The van der Waals surface area contributed by atoms with Crippen molar-refractivity contribution < 1.29 is 13.2 Å². The van der Waals surface area contributed by atoms with Crippen LogP contribution in [0, 0.1) is 13.8 Å². The second-order valence-corrected chi connectivity index (χ2v) is 6.50. The van der Waals surface area contributed by atoms with Crippen molar-refractivity contribution in [3.63, 3.8) is 0 Å². The van der Waals surface area contributed by atoms with Crippen LogP contribution in [0.1, 0.15) is 18.1 Å². The minimum absolute atomic E-state index is 0.253. The van der Waals surface area contributed by atoms with E-state index in [4.69, 9.17) is 4.74 Å². The highest BCUT2D eigenvalue weighted by molar-refractivity contribution is 7.89. The van der Waals surface area contributed by atoms with Crippen LogP contribution in [0.3, 0.4) is 0 Å². The Labute approximate surface area is 115 Å². The van der Waals surface area contributed by atoms with E-state index in [1.807, 2.05) is 26.8 Å². The summed E-state index contributed by atoms with van der Waals surface area (Å²) < 4.78 is 31.9. The second kappa shape index (κ2) is 6.84. The molecular formula is C14H21NO3S. The van der Waals surface area contributed by atoms with E-state index in [1.165, 1.54) is 0 Å². The fourth-order valence-corrected chi connectivity index (χ4v) is 2.87. The van der Waals surface area contributed by atoms with Crippen molar-refractivity contribution >= 4 is 10.0 Å². The highest BCUT2D eigenvalue weighted by Gasteiger charge is 2.13. The molecule has 0 bridgehead atoms. The maximum Gasteiger partial charge on any atom is 0.240 e. The van der Waals surface area contributed by atoms with Gasteiger partial charge in [0.15, 0.2) is 0 Å². The number of hydrogen-bond donors (Lipinski definition) is 1. The van der Waals surface area contributed by atoms with Gasteiger partial charge in [0.05, 0.1) is 18.1 Å². The van der Waals surface area contributed by atoms with E-state index in [0.29, 0.717) is 18.1 Å². The molecule has 1 rings (SSSR count). The van der Waals surface area contributed by atoms with Gasteiger partial charge in [0.2, 0.25) is 10.0 Å². The van der Waals surface area contributed by atoms with Crippen LogP contribution in [-0.2, 0) is 14.8 Å². The molecule has 0 fully saturated rings. The summed E-state index contributed by atoms with van der Waals surface area (Å²) in [5.74, 6) is 0. The summed E-state index contributed by atoms with van der Waals surface area (Å²) in [4.78, 5) is 0.296. The Morgan fingerprint density at radius 2 is 1.84 bits per heavy atom. The standard InChI is InChI=1S/C14H21NO3S/c1-11(2)10-18-6-5-15-19(16,17)14-8-12(3)7-13(4)9-14/h7-9,15H,1,5-6,10H2,2-4H3. The molecular weight excluding hydrogens is 262 g/mol. The Morgan fingerprint density at radius 1 is 1.26 bits per heavy atom. The first-order chi connectivity index (χ1) is 8.81. The molecule has 0 aliphatic carbocycles. The van der Waals surface area contributed by atoms with Crippen molar-refractivity contribution in [3.8, 4) is 0 Å². The average Bonchev–Trinajstić information content (AvgIpc) is 2.26. The maximum absolute atomic E-state index is 12.0. The molecule has 0 aliphatic rings. The third-order valence-electron chi connectivity index (χ3n) is 2.39. The van der Waals surface area contributed by atoms with Gasteiger partial charge in [0, 0.05) is 6.54 Å². The Kier molecular flexibility index (Phi) is 5.72. The molecule has 1 aromatic carbocycles. The van der Waals surface area contributed by atoms with Gasteiger partial charge in [-0.05, 0) is 44.0 Å². The maximum atomic E-state index is 12.0. The molecule has 0 amide bonds. The third kappa shape index (κ3) is 5.55. The van der Waals surface area contributed by atoms with Gasteiger partial charge in [-0.2, -0.15) is 0 Å². The van der Waals surface area contributed by atoms with Crippen LogP contribution < -0.4 is 4.72 Å². The summed E-state index contributed by atoms with van der Waals surface area (Å²) in [6.45, 7) is 10.4. The first-order valence-corrected chi connectivity index (χ1v) is 7.59. The molecule has 0 spiro atoms. The Bertz CT molecular complexity index is 530. The average molecular weight is 283 g/mol. The van der Waals surface area contributed by atoms with Gasteiger partial charge in [-0.1, -0.05) is 18.2 Å². The number of rotatable bonds is 7. The zero-order valence-electron chi connectivity index (χ0n) is 11.7. The first-order valence-electron chi connectivity index (χ1n) is 6.11. The predicted octanol–water partition coefficient (Wildman–Crippen LogP) is 2.17. The molecule has 1 aromatic rings. The molecule has 0 saturated heterocycles. The summed E-state index contributed by atoms with van der Waals surface area (Å²) in [7, 11) is -3.46. The lowest BCUT2D eigenvalue weighted by molar-refractivity contribution is 0.162. The number of nitrogens with one attached hydrogen (secondary N) is 1. The van der Waals surface area contributed by atoms with Gasteiger partial charge in [-0.15, -0.1) is 0 Å². The lowest BCUT2D eigenvalue weighted by Gasteiger charge is -2.09. The Balaban J connectivity index is 2.58. The zero-order valence-corrected chi connectivity index (χ0v) is 12.5. The van der Waals surface area contributed by atoms with Crippen LogP contribution >= 0.6 is 0 Å². The normalized spacial score (nSPS) is 11.5. The molecule has 5 heteroatoms. The minimum Gasteiger partial charge on any atom is -0.376 e. The minimum atomic E-state index is -3.46. The van der Waals surface area contributed by atoms with Gasteiger partial charge >= 0.3 is 0 Å². The highest BCUT2D eigenvalue weighted by atomic mass is 32.2. The van der Waals surface area contributed by atoms with Crippen LogP contribution in [0.4, 0.5) is 0 Å². The number of hydrogen-bond acceptors (Lipinski definition) is 3. The summed E-state index contributed by atoms with van der Waals surface area (Å²) in [6.07, 6.45) is 0. The van der Waals surface area contributed by atoms with Crippen molar-refractivity contribution in [2.24, 2.45) is 0 Å². The van der Waals surface area contributed by atoms with E-state index < -0.39 is 10.0 Å². The van der Waals surface area contributed by atoms with Gasteiger partial charge in [0.1, 0.15) is 0 Å². The molecule has 0 radical (unpaired) electrons. The van der Waals surface area contributed by atoms with Crippen LogP contribution in [-0.4, -0.2) is 28.2 Å². The van der Waals surface area contributed by atoms with Gasteiger partial charge in [-0.3, -0.25) is 0 Å². The SMILES string of the molecule is C=C(C)COCCNS(=O)(=O)c1cc(C)cc(C)c1. The van der Waals surface area contributed by atoms with Crippen LogP contribution in [0.15, 0.2) is 35.2 Å². The summed E-state index contributed by atoms with van der Waals surface area (Å²) in [6, 6.07) is 5.25. The molecule has 106 valence electrons. The van der Waals surface area contributed by atoms with Crippen LogP contribution in [0.5, 0.6) is 0 Å². The van der Waals surface area contributed by atoms with Gasteiger partial charge in [0.25, 0.3) is 0 Å². The largest absolute Gasteiger partial charge is 0.376 e. The number of sulfonamides is 1. The predicted molar refractivity (Wildman–Crippen MR) is 76.7 cm³/mol. The Morgan fingerprint density at radius 3 is 2.37 bits per heavy atom. The molecule has 0 aliphatic heterocycles.